The highest BCUT2D eigenvalue weighted by atomic mass is 35.5. The highest BCUT2D eigenvalue weighted by Gasteiger charge is 2.01. The fraction of sp³-hybridized carbons (Fsp3) is 0. The summed E-state index contributed by atoms with van der Waals surface area (Å²) in [6.45, 7) is 0. The number of imidazole rings is 1. The van der Waals surface area contributed by atoms with E-state index in [1.807, 2.05) is 0 Å². The maximum Gasteiger partial charge on any atom is 0.248 e. The number of benzene rings is 1. The lowest BCUT2D eigenvalue weighted by Gasteiger charge is -1.93. The number of rotatable bonds is 1. The van der Waals surface area contributed by atoms with Gasteiger partial charge in [0.2, 0.25) is 5.91 Å². The molecule has 2 rings (SSSR count). The number of primary amides is 1. The van der Waals surface area contributed by atoms with Gasteiger partial charge in [0.15, 0.2) is 0 Å². The van der Waals surface area contributed by atoms with Crippen LogP contribution in [0.1, 0.15) is 10.4 Å². The number of halogens is 2. The largest absolute Gasteiger partial charge is 0.366 e. The Kier molecular flexibility index (Phi) is 4.40. The van der Waals surface area contributed by atoms with Crippen molar-refractivity contribution < 1.29 is 4.79 Å². The standard InChI is InChI=1S/C8H7N3O.2ClH/c9-8(12)5-1-2-6-7(3-5)11-4-10-6;;/h1-4H,(H2,9,12)(H,10,11);2*1H. The molecule has 0 saturated carbocycles. The number of H-pyrrole nitrogens is 1. The van der Waals surface area contributed by atoms with E-state index in [1.165, 1.54) is 0 Å². The first-order valence-electron chi connectivity index (χ1n) is 3.50. The van der Waals surface area contributed by atoms with Gasteiger partial charge in [0.25, 0.3) is 0 Å². The Hall–Kier alpha value is -1.26. The minimum absolute atomic E-state index is 0. The van der Waals surface area contributed by atoms with Crippen molar-refractivity contribution in [1.29, 1.82) is 0 Å². The smallest absolute Gasteiger partial charge is 0.248 e. The van der Waals surface area contributed by atoms with Gasteiger partial charge in [-0.25, -0.2) is 4.98 Å². The van der Waals surface area contributed by atoms with Crippen LogP contribution in [0.4, 0.5) is 0 Å². The molecule has 14 heavy (non-hydrogen) atoms. The number of fused-ring (bicyclic) bond motifs is 1. The van der Waals surface area contributed by atoms with E-state index >= 15 is 0 Å². The summed E-state index contributed by atoms with van der Waals surface area (Å²) in [6.07, 6.45) is 1.58. The maximum atomic E-state index is 10.8. The molecule has 1 aromatic heterocycles. The molecule has 3 N–H and O–H groups in total. The molecule has 0 aliphatic carbocycles. The summed E-state index contributed by atoms with van der Waals surface area (Å²) in [5, 5.41) is 0. The first kappa shape index (κ1) is 12.7. The van der Waals surface area contributed by atoms with Gasteiger partial charge in [-0.3, -0.25) is 4.79 Å². The van der Waals surface area contributed by atoms with Crippen LogP contribution in [0.3, 0.4) is 0 Å². The Morgan fingerprint density at radius 1 is 1.36 bits per heavy atom. The molecule has 6 heteroatoms. The van der Waals surface area contributed by atoms with Gasteiger partial charge in [-0.05, 0) is 18.2 Å². The monoisotopic (exact) mass is 233 g/mol. The molecule has 1 aromatic carbocycles. The fourth-order valence-corrected chi connectivity index (χ4v) is 1.09. The van der Waals surface area contributed by atoms with Gasteiger partial charge in [0, 0.05) is 5.56 Å². The van der Waals surface area contributed by atoms with E-state index in [0.717, 1.165) is 11.0 Å². The number of carbonyl (C=O) groups excluding carboxylic acids is 1. The maximum absolute atomic E-state index is 10.8. The molecule has 4 nitrogen and oxygen atoms in total. The predicted octanol–water partition coefficient (Wildman–Crippen LogP) is 1.51. The van der Waals surface area contributed by atoms with E-state index in [0.29, 0.717) is 5.56 Å². The van der Waals surface area contributed by atoms with Gasteiger partial charge >= 0.3 is 0 Å². The number of aromatic nitrogens is 2. The van der Waals surface area contributed by atoms with Crippen LogP contribution in [-0.4, -0.2) is 15.9 Å². The number of hydrogen-bond donors (Lipinski definition) is 2. The summed E-state index contributed by atoms with van der Waals surface area (Å²) in [6, 6.07) is 5.10. The van der Waals surface area contributed by atoms with E-state index in [4.69, 9.17) is 5.73 Å². The van der Waals surface area contributed by atoms with Crippen molar-refractivity contribution in [1.82, 2.24) is 9.97 Å². The zero-order valence-electron chi connectivity index (χ0n) is 7.06. The Morgan fingerprint density at radius 3 is 2.71 bits per heavy atom. The first-order chi connectivity index (χ1) is 5.77. The van der Waals surface area contributed by atoms with Gasteiger partial charge in [-0.15, -0.1) is 24.8 Å². The lowest BCUT2D eigenvalue weighted by molar-refractivity contribution is 0.100. The van der Waals surface area contributed by atoms with Gasteiger partial charge in [0.05, 0.1) is 17.4 Å². The molecule has 0 unspecified atom stereocenters. The summed E-state index contributed by atoms with van der Waals surface area (Å²) < 4.78 is 0. The van der Waals surface area contributed by atoms with E-state index < -0.39 is 5.91 Å². The van der Waals surface area contributed by atoms with Crippen LogP contribution < -0.4 is 5.73 Å². The Morgan fingerprint density at radius 2 is 2.07 bits per heavy atom. The topological polar surface area (TPSA) is 71.8 Å². The molecular formula is C8H9Cl2N3O. The van der Waals surface area contributed by atoms with E-state index in [-0.39, 0.29) is 24.8 Å². The highest BCUT2D eigenvalue weighted by Crippen LogP contribution is 2.10. The van der Waals surface area contributed by atoms with Gasteiger partial charge in [-0.1, -0.05) is 0 Å². The van der Waals surface area contributed by atoms with Crippen LogP contribution >= 0.6 is 24.8 Å². The second-order valence-corrected chi connectivity index (χ2v) is 2.50. The number of nitrogens with one attached hydrogen (secondary N) is 1. The van der Waals surface area contributed by atoms with Crippen molar-refractivity contribution in [2.75, 3.05) is 0 Å². The number of carbonyl (C=O) groups is 1. The summed E-state index contributed by atoms with van der Waals surface area (Å²) in [5.74, 6) is -0.425. The second-order valence-electron chi connectivity index (χ2n) is 2.50. The molecule has 0 fully saturated rings. The van der Waals surface area contributed by atoms with Gasteiger partial charge < -0.3 is 10.7 Å². The Balaban J connectivity index is 0.000000845. The average molecular weight is 234 g/mol. The van der Waals surface area contributed by atoms with Crippen LogP contribution in [0.15, 0.2) is 24.5 Å². The number of hydrogen-bond acceptors (Lipinski definition) is 2. The number of amides is 1. The molecule has 0 spiro atoms. The molecular weight excluding hydrogens is 225 g/mol. The van der Waals surface area contributed by atoms with E-state index in [2.05, 4.69) is 9.97 Å². The van der Waals surface area contributed by atoms with Crippen molar-refractivity contribution in [3.05, 3.63) is 30.1 Å². The lowest BCUT2D eigenvalue weighted by Crippen LogP contribution is -2.10. The molecule has 1 heterocycles. The number of nitrogens with two attached hydrogens (primary N) is 1. The van der Waals surface area contributed by atoms with Crippen LogP contribution in [0.2, 0.25) is 0 Å². The molecule has 0 bridgehead atoms. The predicted molar refractivity (Wildman–Crippen MR) is 59.1 cm³/mol. The lowest BCUT2D eigenvalue weighted by atomic mass is 10.2. The third-order valence-corrected chi connectivity index (χ3v) is 1.70. The molecule has 0 radical (unpaired) electrons. The van der Waals surface area contributed by atoms with Crippen LogP contribution in [-0.2, 0) is 0 Å². The van der Waals surface area contributed by atoms with Crippen LogP contribution in [0.25, 0.3) is 11.0 Å². The molecule has 0 aliphatic rings. The number of nitrogens with zero attached hydrogens (tertiary/aromatic N) is 1. The van der Waals surface area contributed by atoms with Crippen molar-refractivity contribution in [3.63, 3.8) is 0 Å². The third-order valence-electron chi connectivity index (χ3n) is 1.70. The van der Waals surface area contributed by atoms with Crippen molar-refractivity contribution in [3.8, 4) is 0 Å². The van der Waals surface area contributed by atoms with Crippen LogP contribution in [0.5, 0.6) is 0 Å². The van der Waals surface area contributed by atoms with Crippen molar-refractivity contribution in [2.24, 2.45) is 5.73 Å². The van der Waals surface area contributed by atoms with Gasteiger partial charge in [-0.2, -0.15) is 0 Å². The minimum Gasteiger partial charge on any atom is -0.366 e. The van der Waals surface area contributed by atoms with E-state index in [9.17, 15) is 4.79 Å². The zero-order valence-corrected chi connectivity index (χ0v) is 8.69. The van der Waals surface area contributed by atoms with Gasteiger partial charge in [0.1, 0.15) is 0 Å². The number of aromatic amines is 1. The molecule has 1 amide bonds. The SMILES string of the molecule is Cl.Cl.NC(=O)c1ccc2nc[nH]c2c1. The second kappa shape index (κ2) is 4.83. The minimum atomic E-state index is -0.425. The normalized spacial score (nSPS) is 8.86. The summed E-state index contributed by atoms with van der Waals surface area (Å²) >= 11 is 0. The summed E-state index contributed by atoms with van der Waals surface area (Å²) in [5.41, 5.74) is 7.25. The molecule has 0 aliphatic heterocycles. The Labute approximate surface area is 92.7 Å². The highest BCUT2D eigenvalue weighted by molar-refractivity contribution is 5.96. The Bertz CT molecular complexity index is 441. The van der Waals surface area contributed by atoms with Crippen molar-refractivity contribution >= 4 is 41.8 Å². The summed E-state index contributed by atoms with van der Waals surface area (Å²) in [4.78, 5) is 17.7. The zero-order chi connectivity index (χ0) is 8.55. The van der Waals surface area contributed by atoms with Crippen molar-refractivity contribution in [2.45, 2.75) is 0 Å². The first-order valence-corrected chi connectivity index (χ1v) is 3.50. The van der Waals surface area contributed by atoms with Crippen LogP contribution in [0, 0.1) is 0 Å². The molecule has 0 saturated heterocycles. The average Bonchev–Trinajstić information content (AvgIpc) is 2.49. The molecule has 76 valence electrons. The van der Waals surface area contributed by atoms with E-state index in [1.54, 1.807) is 24.5 Å². The molecule has 2 aromatic rings. The fourth-order valence-electron chi connectivity index (χ4n) is 1.09. The third kappa shape index (κ3) is 2.16. The molecule has 0 atom stereocenters. The summed E-state index contributed by atoms with van der Waals surface area (Å²) in [7, 11) is 0. The quantitative estimate of drug-likeness (QED) is 0.784.